The number of rotatable bonds is 10. The summed E-state index contributed by atoms with van der Waals surface area (Å²) in [6.07, 6.45) is 5.14. The maximum absolute atomic E-state index is 12.8. The fourth-order valence-corrected chi connectivity index (χ4v) is 4.70. The average Bonchev–Trinajstić information content (AvgIpc) is 3.40. The molecule has 0 saturated carbocycles. The number of hydrogen-bond acceptors (Lipinski definition) is 4. The minimum Gasteiger partial charge on any atom is -0.348 e. The second-order valence-corrected chi connectivity index (χ2v) is 9.68. The Balaban J connectivity index is 1.46. The predicted molar refractivity (Wildman–Crippen MR) is 136 cm³/mol. The van der Waals surface area contributed by atoms with E-state index < -0.39 is 10.0 Å². The number of carbonyl (C=O) groups is 1. The van der Waals surface area contributed by atoms with Crippen molar-refractivity contribution in [1.29, 1.82) is 0 Å². The van der Waals surface area contributed by atoms with E-state index in [1.165, 1.54) is 18.2 Å². The number of nitrogens with one attached hydrogen (secondary N) is 2. The first-order chi connectivity index (χ1) is 17.0. The van der Waals surface area contributed by atoms with Gasteiger partial charge in [-0.25, -0.2) is 13.1 Å². The fraction of sp³-hybridized carbons (Fsp3) is 0.111. The van der Waals surface area contributed by atoms with Gasteiger partial charge >= 0.3 is 0 Å². The van der Waals surface area contributed by atoms with Crippen LogP contribution in [0.5, 0.6) is 0 Å². The van der Waals surface area contributed by atoms with Crippen LogP contribution >= 0.6 is 0 Å². The van der Waals surface area contributed by atoms with Crippen LogP contribution in [0, 0.1) is 0 Å². The molecule has 3 aromatic carbocycles. The van der Waals surface area contributed by atoms with Gasteiger partial charge in [-0.2, -0.15) is 5.10 Å². The van der Waals surface area contributed by atoms with Crippen molar-refractivity contribution in [2.45, 2.75) is 18.0 Å². The Kier molecular flexibility index (Phi) is 7.54. The lowest BCUT2D eigenvalue weighted by atomic mass is 9.98. The highest BCUT2D eigenvalue weighted by Crippen LogP contribution is 2.24. The van der Waals surface area contributed by atoms with Gasteiger partial charge in [0, 0.05) is 31.0 Å². The predicted octanol–water partition coefficient (Wildman–Crippen LogP) is 3.99. The first-order valence-corrected chi connectivity index (χ1v) is 12.6. The van der Waals surface area contributed by atoms with Gasteiger partial charge in [0.25, 0.3) is 5.91 Å². The number of benzene rings is 3. The molecular weight excluding hydrogens is 460 g/mol. The van der Waals surface area contributed by atoms with E-state index in [9.17, 15) is 13.2 Å². The van der Waals surface area contributed by atoms with E-state index in [2.05, 4.69) is 46.0 Å². The van der Waals surface area contributed by atoms with Crippen molar-refractivity contribution in [3.8, 4) is 11.1 Å². The number of hydrogen-bond donors (Lipinski definition) is 2. The summed E-state index contributed by atoms with van der Waals surface area (Å²) in [5.74, 6) is -0.352. The van der Waals surface area contributed by atoms with Crippen LogP contribution in [-0.4, -0.2) is 30.7 Å². The molecule has 178 valence electrons. The molecule has 8 heteroatoms. The van der Waals surface area contributed by atoms with Gasteiger partial charge in [-0.1, -0.05) is 60.7 Å². The Morgan fingerprint density at radius 3 is 2.54 bits per heavy atom. The third-order valence-electron chi connectivity index (χ3n) is 5.45. The SMILES string of the molecule is C=CCNS(=O)(=O)c1cccc(C(=O)NCc2ccccc2-c2ccc(Cn3cccn3)cc2)c1. The van der Waals surface area contributed by atoms with E-state index in [1.807, 2.05) is 41.2 Å². The minimum atomic E-state index is -3.72. The molecule has 0 atom stereocenters. The average molecular weight is 487 g/mol. The van der Waals surface area contributed by atoms with Crippen molar-refractivity contribution < 1.29 is 13.2 Å². The third-order valence-corrected chi connectivity index (χ3v) is 6.87. The van der Waals surface area contributed by atoms with E-state index >= 15 is 0 Å². The minimum absolute atomic E-state index is 0.0302. The Morgan fingerprint density at radius 2 is 1.80 bits per heavy atom. The first kappa shape index (κ1) is 24.1. The maximum atomic E-state index is 12.8. The summed E-state index contributed by atoms with van der Waals surface area (Å²) in [6, 6.07) is 24.0. The van der Waals surface area contributed by atoms with Crippen molar-refractivity contribution in [3.05, 3.63) is 121 Å². The van der Waals surface area contributed by atoms with Crippen LogP contribution in [0.25, 0.3) is 11.1 Å². The van der Waals surface area contributed by atoms with Crippen molar-refractivity contribution in [2.75, 3.05) is 6.54 Å². The zero-order valence-corrected chi connectivity index (χ0v) is 19.9. The van der Waals surface area contributed by atoms with Crippen molar-refractivity contribution in [3.63, 3.8) is 0 Å². The summed E-state index contributed by atoms with van der Waals surface area (Å²) in [5, 5.41) is 7.15. The second-order valence-electron chi connectivity index (χ2n) is 7.91. The van der Waals surface area contributed by atoms with Gasteiger partial charge in [0.1, 0.15) is 0 Å². The first-order valence-electron chi connectivity index (χ1n) is 11.1. The largest absolute Gasteiger partial charge is 0.348 e. The highest BCUT2D eigenvalue weighted by molar-refractivity contribution is 7.89. The van der Waals surface area contributed by atoms with Gasteiger partial charge in [0.15, 0.2) is 0 Å². The molecule has 0 bridgehead atoms. The number of amides is 1. The summed E-state index contributed by atoms with van der Waals surface area (Å²) in [6.45, 7) is 4.62. The highest BCUT2D eigenvalue weighted by atomic mass is 32.2. The Bertz CT molecular complexity index is 1410. The summed E-state index contributed by atoms with van der Waals surface area (Å²) < 4.78 is 29.0. The molecule has 7 nitrogen and oxygen atoms in total. The Morgan fingerprint density at radius 1 is 1.00 bits per heavy atom. The molecule has 0 saturated heterocycles. The van der Waals surface area contributed by atoms with Crippen LogP contribution < -0.4 is 10.0 Å². The molecule has 0 unspecified atom stereocenters. The third kappa shape index (κ3) is 6.11. The number of aromatic nitrogens is 2. The van der Waals surface area contributed by atoms with Gasteiger partial charge in [0.05, 0.1) is 11.4 Å². The molecule has 0 aliphatic carbocycles. The topological polar surface area (TPSA) is 93.1 Å². The highest BCUT2D eigenvalue weighted by Gasteiger charge is 2.16. The van der Waals surface area contributed by atoms with Crippen LogP contribution in [0.2, 0.25) is 0 Å². The van der Waals surface area contributed by atoms with Crippen LogP contribution in [-0.2, 0) is 23.1 Å². The molecule has 0 radical (unpaired) electrons. The van der Waals surface area contributed by atoms with Crippen LogP contribution in [0.3, 0.4) is 0 Å². The Hall–Kier alpha value is -4.01. The molecule has 0 aliphatic rings. The fourth-order valence-electron chi connectivity index (χ4n) is 3.66. The molecule has 35 heavy (non-hydrogen) atoms. The van der Waals surface area contributed by atoms with Gasteiger partial charge in [0.2, 0.25) is 10.0 Å². The van der Waals surface area contributed by atoms with Crippen LogP contribution in [0.1, 0.15) is 21.5 Å². The van der Waals surface area contributed by atoms with Crippen LogP contribution in [0.4, 0.5) is 0 Å². The van der Waals surface area contributed by atoms with Crippen molar-refractivity contribution in [2.24, 2.45) is 0 Å². The lowest BCUT2D eigenvalue weighted by Crippen LogP contribution is -2.25. The molecule has 2 N–H and O–H groups in total. The summed E-state index contributed by atoms with van der Waals surface area (Å²) in [7, 11) is -3.72. The lowest BCUT2D eigenvalue weighted by Gasteiger charge is -2.12. The quantitative estimate of drug-likeness (QED) is 0.332. The summed E-state index contributed by atoms with van der Waals surface area (Å²) >= 11 is 0. The number of sulfonamides is 1. The Labute approximate surface area is 205 Å². The summed E-state index contributed by atoms with van der Waals surface area (Å²) in [5.41, 5.74) is 4.42. The van der Waals surface area contributed by atoms with E-state index in [4.69, 9.17) is 0 Å². The maximum Gasteiger partial charge on any atom is 0.251 e. The normalized spacial score (nSPS) is 11.2. The van der Waals surface area contributed by atoms with Crippen molar-refractivity contribution >= 4 is 15.9 Å². The molecule has 4 aromatic rings. The van der Waals surface area contributed by atoms with E-state index in [0.29, 0.717) is 13.1 Å². The van der Waals surface area contributed by atoms with E-state index in [0.717, 1.165) is 22.3 Å². The smallest absolute Gasteiger partial charge is 0.251 e. The molecule has 4 rings (SSSR count). The molecule has 0 spiro atoms. The second kappa shape index (κ2) is 10.9. The molecule has 1 heterocycles. The van der Waals surface area contributed by atoms with Gasteiger partial charge in [-0.15, -0.1) is 6.58 Å². The van der Waals surface area contributed by atoms with Crippen LogP contribution in [0.15, 0.2) is 109 Å². The number of nitrogens with zero attached hydrogens (tertiary/aromatic N) is 2. The molecular formula is C27H26N4O3S. The van der Waals surface area contributed by atoms with Gasteiger partial charge in [-0.3, -0.25) is 9.48 Å². The standard InChI is InChI=1S/C27H26N4O3S/c1-2-15-30-35(33,34)25-9-5-8-23(18-25)27(32)28-19-24-7-3-4-10-26(24)22-13-11-21(12-14-22)20-31-17-6-16-29-31/h2-14,16-18,30H,1,15,19-20H2,(H,28,32). The summed E-state index contributed by atoms with van der Waals surface area (Å²) in [4.78, 5) is 12.8. The zero-order chi connectivity index (χ0) is 24.7. The van der Waals surface area contributed by atoms with Gasteiger partial charge in [-0.05, 0) is 46.5 Å². The molecule has 1 aromatic heterocycles. The van der Waals surface area contributed by atoms with Gasteiger partial charge < -0.3 is 5.32 Å². The monoisotopic (exact) mass is 486 g/mol. The van der Waals surface area contributed by atoms with Crippen molar-refractivity contribution in [1.82, 2.24) is 19.8 Å². The number of carbonyl (C=O) groups excluding carboxylic acids is 1. The van der Waals surface area contributed by atoms with E-state index in [1.54, 1.807) is 18.3 Å². The zero-order valence-electron chi connectivity index (χ0n) is 19.1. The lowest BCUT2D eigenvalue weighted by molar-refractivity contribution is 0.0950. The molecule has 0 aliphatic heterocycles. The van der Waals surface area contributed by atoms with E-state index in [-0.39, 0.29) is 22.9 Å². The molecule has 1 amide bonds. The molecule has 0 fully saturated rings.